The second-order valence-electron chi connectivity index (χ2n) is 5.48. The highest BCUT2D eigenvalue weighted by Crippen LogP contribution is 2.33. The summed E-state index contributed by atoms with van der Waals surface area (Å²) in [4.78, 5) is 0.368. The SMILES string of the molecule is O=S(=O)(NCCCC1CC1)c1ccc2c(c1)NCC2. The third-order valence-corrected chi connectivity index (χ3v) is 5.34. The first kappa shape index (κ1) is 12.9. The van der Waals surface area contributed by atoms with E-state index in [1.54, 1.807) is 12.1 Å². The van der Waals surface area contributed by atoms with Crippen molar-refractivity contribution in [3.63, 3.8) is 0 Å². The normalized spacial score (nSPS) is 18.1. The summed E-state index contributed by atoms with van der Waals surface area (Å²) in [6, 6.07) is 5.36. The van der Waals surface area contributed by atoms with Crippen molar-refractivity contribution in [1.29, 1.82) is 0 Å². The summed E-state index contributed by atoms with van der Waals surface area (Å²) < 4.78 is 27.0. The van der Waals surface area contributed by atoms with E-state index >= 15 is 0 Å². The van der Waals surface area contributed by atoms with Crippen LogP contribution in [0.5, 0.6) is 0 Å². The van der Waals surface area contributed by atoms with Gasteiger partial charge in [0.15, 0.2) is 0 Å². The number of nitrogens with one attached hydrogen (secondary N) is 2. The highest BCUT2D eigenvalue weighted by molar-refractivity contribution is 7.89. The van der Waals surface area contributed by atoms with Gasteiger partial charge in [0.05, 0.1) is 4.90 Å². The fourth-order valence-corrected chi connectivity index (χ4v) is 3.62. The molecule has 0 unspecified atom stereocenters. The molecular formula is C14H20N2O2S. The van der Waals surface area contributed by atoms with Gasteiger partial charge < -0.3 is 5.32 Å². The average molecular weight is 280 g/mol. The molecule has 0 amide bonds. The Morgan fingerprint density at radius 1 is 1.32 bits per heavy atom. The minimum atomic E-state index is -3.35. The Labute approximate surface area is 114 Å². The van der Waals surface area contributed by atoms with Gasteiger partial charge in [-0.3, -0.25) is 0 Å². The first-order chi connectivity index (χ1) is 9.15. The van der Waals surface area contributed by atoms with E-state index in [-0.39, 0.29) is 0 Å². The maximum atomic E-state index is 12.2. The van der Waals surface area contributed by atoms with E-state index in [0.717, 1.165) is 37.4 Å². The maximum absolute atomic E-state index is 12.2. The highest BCUT2D eigenvalue weighted by atomic mass is 32.2. The Kier molecular flexibility index (Phi) is 3.50. The van der Waals surface area contributed by atoms with Gasteiger partial charge in [-0.25, -0.2) is 13.1 Å². The van der Waals surface area contributed by atoms with Gasteiger partial charge in [0.2, 0.25) is 10.0 Å². The average Bonchev–Trinajstić information content (AvgIpc) is 3.09. The Balaban J connectivity index is 1.62. The molecule has 104 valence electrons. The van der Waals surface area contributed by atoms with Gasteiger partial charge in [0.25, 0.3) is 0 Å². The van der Waals surface area contributed by atoms with Crippen molar-refractivity contribution in [1.82, 2.24) is 4.72 Å². The minimum absolute atomic E-state index is 0.368. The molecule has 5 heteroatoms. The number of anilines is 1. The molecule has 1 fully saturated rings. The number of benzene rings is 1. The summed E-state index contributed by atoms with van der Waals surface area (Å²) in [5, 5.41) is 3.21. The molecule has 1 aliphatic heterocycles. The molecule has 1 heterocycles. The van der Waals surface area contributed by atoms with E-state index in [9.17, 15) is 8.42 Å². The van der Waals surface area contributed by atoms with Gasteiger partial charge in [0, 0.05) is 18.8 Å². The van der Waals surface area contributed by atoms with E-state index in [1.165, 1.54) is 18.4 Å². The van der Waals surface area contributed by atoms with Crippen LogP contribution in [0.3, 0.4) is 0 Å². The van der Waals surface area contributed by atoms with E-state index in [2.05, 4.69) is 10.0 Å². The van der Waals surface area contributed by atoms with Crippen LogP contribution in [0.2, 0.25) is 0 Å². The fourth-order valence-electron chi connectivity index (χ4n) is 2.52. The van der Waals surface area contributed by atoms with Gasteiger partial charge in [0.1, 0.15) is 0 Å². The van der Waals surface area contributed by atoms with Crippen molar-refractivity contribution in [2.24, 2.45) is 5.92 Å². The number of hydrogen-bond acceptors (Lipinski definition) is 3. The smallest absolute Gasteiger partial charge is 0.240 e. The molecule has 0 radical (unpaired) electrons. The van der Waals surface area contributed by atoms with Gasteiger partial charge in [-0.15, -0.1) is 0 Å². The zero-order valence-electron chi connectivity index (χ0n) is 11.0. The first-order valence-electron chi connectivity index (χ1n) is 7.02. The van der Waals surface area contributed by atoms with Crippen molar-refractivity contribution < 1.29 is 8.42 Å². The summed E-state index contributed by atoms with van der Waals surface area (Å²) in [6.07, 6.45) is 5.71. The molecule has 0 bridgehead atoms. The van der Waals surface area contributed by atoms with Crippen LogP contribution in [0.4, 0.5) is 5.69 Å². The van der Waals surface area contributed by atoms with Crippen LogP contribution < -0.4 is 10.0 Å². The van der Waals surface area contributed by atoms with E-state index in [0.29, 0.717) is 11.4 Å². The van der Waals surface area contributed by atoms with Crippen molar-refractivity contribution >= 4 is 15.7 Å². The standard InChI is InChI=1S/C14H20N2O2S/c17-19(18,16-8-1-2-11-3-4-11)13-6-5-12-7-9-15-14(12)10-13/h5-6,10-11,15-16H,1-4,7-9H2. The summed E-state index contributed by atoms with van der Waals surface area (Å²) in [5.74, 6) is 0.855. The fraction of sp³-hybridized carbons (Fsp3) is 0.571. The molecule has 19 heavy (non-hydrogen) atoms. The van der Waals surface area contributed by atoms with Crippen LogP contribution in [0.25, 0.3) is 0 Å². The maximum Gasteiger partial charge on any atom is 0.240 e. The van der Waals surface area contributed by atoms with Crippen LogP contribution in [-0.4, -0.2) is 21.5 Å². The molecule has 2 N–H and O–H groups in total. The van der Waals surface area contributed by atoms with Gasteiger partial charge in [-0.05, 0) is 42.9 Å². The predicted molar refractivity (Wildman–Crippen MR) is 75.8 cm³/mol. The monoisotopic (exact) mass is 280 g/mol. The second-order valence-corrected chi connectivity index (χ2v) is 7.25. The topological polar surface area (TPSA) is 58.2 Å². The van der Waals surface area contributed by atoms with E-state index in [4.69, 9.17) is 0 Å². The lowest BCUT2D eigenvalue weighted by molar-refractivity contribution is 0.572. The summed E-state index contributed by atoms with van der Waals surface area (Å²) in [6.45, 7) is 1.44. The molecule has 0 saturated heterocycles. The zero-order valence-corrected chi connectivity index (χ0v) is 11.8. The largest absolute Gasteiger partial charge is 0.384 e. The third kappa shape index (κ3) is 3.09. The molecule has 1 aromatic carbocycles. The van der Waals surface area contributed by atoms with Gasteiger partial charge in [-0.2, -0.15) is 0 Å². The second kappa shape index (κ2) is 5.13. The van der Waals surface area contributed by atoms with Crippen LogP contribution in [0, 0.1) is 5.92 Å². The summed E-state index contributed by atoms with van der Waals surface area (Å²) in [5.41, 5.74) is 2.16. The van der Waals surface area contributed by atoms with Crippen LogP contribution in [0.1, 0.15) is 31.2 Å². The van der Waals surface area contributed by atoms with Crippen molar-refractivity contribution in [2.45, 2.75) is 37.0 Å². The van der Waals surface area contributed by atoms with E-state index in [1.807, 2.05) is 6.07 Å². The number of fused-ring (bicyclic) bond motifs is 1. The van der Waals surface area contributed by atoms with E-state index < -0.39 is 10.0 Å². The molecule has 1 aromatic rings. The van der Waals surface area contributed by atoms with Crippen molar-refractivity contribution in [2.75, 3.05) is 18.4 Å². The first-order valence-corrected chi connectivity index (χ1v) is 8.50. The number of rotatable bonds is 6. The molecule has 0 aromatic heterocycles. The molecule has 1 aliphatic carbocycles. The lowest BCUT2D eigenvalue weighted by Gasteiger charge is -2.08. The number of hydrogen-bond donors (Lipinski definition) is 2. The Morgan fingerprint density at radius 2 is 2.16 bits per heavy atom. The van der Waals surface area contributed by atoms with Crippen molar-refractivity contribution in [3.05, 3.63) is 23.8 Å². The lowest BCUT2D eigenvalue weighted by Crippen LogP contribution is -2.24. The van der Waals surface area contributed by atoms with Gasteiger partial charge >= 0.3 is 0 Å². The predicted octanol–water partition coefficient (Wildman–Crippen LogP) is 2.12. The molecule has 0 spiro atoms. The summed E-state index contributed by atoms with van der Waals surface area (Å²) in [7, 11) is -3.35. The Hall–Kier alpha value is -1.07. The molecule has 2 aliphatic rings. The van der Waals surface area contributed by atoms with Crippen LogP contribution in [-0.2, 0) is 16.4 Å². The quantitative estimate of drug-likeness (QED) is 0.785. The molecule has 4 nitrogen and oxygen atoms in total. The zero-order chi connectivity index (χ0) is 13.3. The lowest BCUT2D eigenvalue weighted by atomic mass is 10.2. The van der Waals surface area contributed by atoms with Crippen LogP contribution in [0.15, 0.2) is 23.1 Å². The molecule has 1 saturated carbocycles. The molecule has 3 rings (SSSR count). The van der Waals surface area contributed by atoms with Crippen molar-refractivity contribution in [3.8, 4) is 0 Å². The number of sulfonamides is 1. The third-order valence-electron chi connectivity index (χ3n) is 3.88. The highest BCUT2D eigenvalue weighted by Gasteiger charge is 2.21. The van der Waals surface area contributed by atoms with Gasteiger partial charge in [-0.1, -0.05) is 18.9 Å². The Morgan fingerprint density at radius 3 is 2.95 bits per heavy atom. The minimum Gasteiger partial charge on any atom is -0.384 e. The van der Waals surface area contributed by atoms with Crippen LogP contribution >= 0.6 is 0 Å². The Bertz CT molecular complexity index is 565. The molecular weight excluding hydrogens is 260 g/mol. The molecule has 0 atom stereocenters. The summed E-state index contributed by atoms with van der Waals surface area (Å²) >= 11 is 0.